The van der Waals surface area contributed by atoms with Crippen molar-refractivity contribution in [3.8, 4) is 0 Å². The second kappa shape index (κ2) is 3.61. The maximum Gasteiger partial charge on any atom is 0.210 e. The zero-order chi connectivity index (χ0) is 8.39. The molecule has 0 unspecified atom stereocenters. The van der Waals surface area contributed by atoms with Gasteiger partial charge in [0.05, 0.1) is 0 Å². The van der Waals surface area contributed by atoms with Crippen LogP contribution < -0.4 is 4.67 Å². The normalized spacial score (nSPS) is 12.2. The van der Waals surface area contributed by atoms with E-state index in [0.29, 0.717) is 10.3 Å². The number of hydrogen-bond donors (Lipinski definition) is 0. The summed E-state index contributed by atoms with van der Waals surface area (Å²) in [5.41, 5.74) is 0. The number of hydrogen-bond acceptors (Lipinski definition) is 6. The fraction of sp³-hybridized carbons (Fsp3) is 0. The van der Waals surface area contributed by atoms with E-state index in [0.717, 1.165) is 4.67 Å². The summed E-state index contributed by atoms with van der Waals surface area (Å²) < 4.78 is 4.64. The van der Waals surface area contributed by atoms with E-state index in [2.05, 4.69) is 14.3 Å². The highest BCUT2D eigenvalue weighted by Crippen LogP contribution is 2.15. The molecule has 3 nitrogen and oxygen atoms in total. The summed E-state index contributed by atoms with van der Waals surface area (Å²) in [6.45, 7) is 0. The van der Waals surface area contributed by atoms with E-state index in [-0.39, 0.29) is 0 Å². The Morgan fingerprint density at radius 3 is 3.00 bits per heavy atom. The van der Waals surface area contributed by atoms with Crippen molar-refractivity contribution in [2.75, 3.05) is 0 Å². The number of thiazole rings is 1. The van der Waals surface area contributed by atoms with Crippen LogP contribution in [-0.2, 0) is 0 Å². The molecule has 0 radical (unpaired) electrons. The average molecular weight is 236 g/mol. The molecule has 2 rings (SSSR count). The van der Waals surface area contributed by atoms with Crippen molar-refractivity contribution in [1.29, 1.82) is 0 Å². The molecule has 0 spiro atoms. The molecule has 2 aromatic heterocycles. The van der Waals surface area contributed by atoms with Gasteiger partial charge in [-0.15, -0.1) is 11.3 Å². The van der Waals surface area contributed by atoms with Gasteiger partial charge in [-0.25, -0.2) is 9.98 Å². The maximum atomic E-state index is 5.75. The summed E-state index contributed by atoms with van der Waals surface area (Å²) in [6, 6.07) is 0. The van der Waals surface area contributed by atoms with Gasteiger partial charge in [0.25, 0.3) is 0 Å². The van der Waals surface area contributed by atoms with E-state index < -0.39 is 0 Å². The molecule has 12 heavy (non-hydrogen) atoms. The summed E-state index contributed by atoms with van der Waals surface area (Å²) in [4.78, 5) is 8.21. The van der Waals surface area contributed by atoms with Crippen molar-refractivity contribution in [2.24, 2.45) is 4.99 Å². The molecule has 0 aliphatic rings. The molecule has 0 saturated heterocycles. The predicted octanol–water partition coefficient (Wildman–Crippen LogP) is 2.55. The van der Waals surface area contributed by atoms with Gasteiger partial charge >= 0.3 is 0 Å². The van der Waals surface area contributed by atoms with Gasteiger partial charge in [0.1, 0.15) is 0 Å². The number of aromatic nitrogens is 2. The maximum absolute atomic E-state index is 5.75. The van der Waals surface area contributed by atoms with Crippen LogP contribution >= 0.6 is 43.8 Å². The number of rotatable bonds is 1. The minimum Gasteiger partial charge on any atom is -0.227 e. The second-order valence-corrected chi connectivity index (χ2v) is 4.83. The van der Waals surface area contributed by atoms with Crippen molar-refractivity contribution in [1.82, 2.24) is 9.36 Å². The minimum atomic E-state index is 0.459. The lowest BCUT2D eigenvalue weighted by Gasteiger charge is -1.78. The molecule has 2 aromatic rings. The highest BCUT2D eigenvalue weighted by molar-refractivity contribution is 7.66. The largest absolute Gasteiger partial charge is 0.227 e. The van der Waals surface area contributed by atoms with Crippen LogP contribution in [0.15, 0.2) is 16.6 Å². The van der Waals surface area contributed by atoms with E-state index >= 15 is 0 Å². The predicted molar refractivity (Wildman–Crippen MR) is 52.3 cm³/mol. The number of nitrogens with zero attached hydrogens (tertiary/aromatic N) is 3. The molecule has 0 saturated carbocycles. The lowest BCUT2D eigenvalue weighted by Crippen LogP contribution is -1.91. The lowest BCUT2D eigenvalue weighted by molar-refractivity contribution is 1.30. The highest BCUT2D eigenvalue weighted by Gasteiger charge is 1.97. The molecule has 7 heteroatoms. The Balaban J connectivity index is 2.49. The SMILES string of the molecule is Clc1nssc1=Nc1nccs1. The summed E-state index contributed by atoms with van der Waals surface area (Å²) in [5, 5.41) is 3.05. The van der Waals surface area contributed by atoms with Crippen LogP contribution in [0.1, 0.15) is 0 Å². The fourth-order valence-corrected chi connectivity index (χ4v) is 3.12. The number of halogens is 1. The van der Waals surface area contributed by atoms with Gasteiger partial charge < -0.3 is 0 Å². The van der Waals surface area contributed by atoms with Gasteiger partial charge in [-0.2, -0.15) is 4.37 Å². The summed E-state index contributed by atoms with van der Waals surface area (Å²) >= 11 is 7.23. The first kappa shape index (κ1) is 8.31. The summed E-state index contributed by atoms with van der Waals surface area (Å²) in [7, 11) is 2.78. The van der Waals surface area contributed by atoms with Crippen LogP contribution in [0.3, 0.4) is 0 Å². The Morgan fingerprint density at radius 2 is 2.42 bits per heavy atom. The Morgan fingerprint density at radius 1 is 1.50 bits per heavy atom. The standard InChI is InChI=1S/C5H2ClN3S3/c6-3-4(11-12-9-3)8-5-7-1-2-10-5/h1-2H. The third-order valence-corrected chi connectivity index (χ3v) is 3.86. The zero-order valence-corrected chi connectivity index (χ0v) is 8.80. The van der Waals surface area contributed by atoms with Crippen LogP contribution in [-0.4, -0.2) is 9.36 Å². The lowest BCUT2D eigenvalue weighted by atomic mass is 10.9. The van der Waals surface area contributed by atoms with E-state index in [1.54, 1.807) is 6.20 Å². The molecular weight excluding hydrogens is 234 g/mol. The smallest absolute Gasteiger partial charge is 0.210 e. The minimum absolute atomic E-state index is 0.459. The molecule has 62 valence electrons. The Hall–Kier alpha value is -0.300. The molecule has 0 bridgehead atoms. The van der Waals surface area contributed by atoms with Crippen LogP contribution in [0, 0.1) is 0 Å². The first-order chi connectivity index (χ1) is 5.86. The van der Waals surface area contributed by atoms with E-state index in [1.807, 2.05) is 5.38 Å². The van der Waals surface area contributed by atoms with Crippen molar-refractivity contribution in [3.63, 3.8) is 0 Å². The van der Waals surface area contributed by atoms with Crippen molar-refractivity contribution >= 4 is 48.9 Å². The molecule has 2 heterocycles. The fourth-order valence-electron chi connectivity index (χ4n) is 0.583. The molecule has 0 N–H and O–H groups in total. The quantitative estimate of drug-likeness (QED) is 0.713. The molecule has 0 aliphatic carbocycles. The van der Waals surface area contributed by atoms with E-state index in [1.165, 1.54) is 32.2 Å². The molecule has 0 fully saturated rings. The first-order valence-electron chi connectivity index (χ1n) is 2.92. The van der Waals surface area contributed by atoms with Gasteiger partial charge in [0, 0.05) is 22.1 Å². The molecule has 0 aromatic carbocycles. The van der Waals surface area contributed by atoms with Crippen LogP contribution in [0.25, 0.3) is 0 Å². The van der Waals surface area contributed by atoms with Gasteiger partial charge in [-0.3, -0.25) is 0 Å². The third-order valence-electron chi connectivity index (χ3n) is 1.03. The molecule has 0 atom stereocenters. The topological polar surface area (TPSA) is 38.1 Å². The second-order valence-electron chi connectivity index (χ2n) is 1.77. The summed E-state index contributed by atoms with van der Waals surface area (Å²) in [5.74, 6) is 0. The molecular formula is C5H2ClN3S3. The van der Waals surface area contributed by atoms with Crippen molar-refractivity contribution in [3.05, 3.63) is 21.4 Å². The Labute approximate surface area is 84.6 Å². The van der Waals surface area contributed by atoms with Gasteiger partial charge in [0.15, 0.2) is 9.82 Å². The van der Waals surface area contributed by atoms with Gasteiger partial charge in [0.2, 0.25) is 5.13 Å². The van der Waals surface area contributed by atoms with Crippen molar-refractivity contribution < 1.29 is 0 Å². The van der Waals surface area contributed by atoms with Crippen LogP contribution in [0.2, 0.25) is 5.15 Å². The zero-order valence-electron chi connectivity index (χ0n) is 5.60. The van der Waals surface area contributed by atoms with Crippen LogP contribution in [0.4, 0.5) is 5.13 Å². The van der Waals surface area contributed by atoms with E-state index in [4.69, 9.17) is 11.6 Å². The first-order valence-corrected chi connectivity index (χ1v) is 6.28. The molecule has 0 amide bonds. The Kier molecular flexibility index (Phi) is 2.50. The summed E-state index contributed by atoms with van der Waals surface area (Å²) in [6.07, 6.45) is 1.71. The van der Waals surface area contributed by atoms with Gasteiger partial charge in [-0.05, 0) is 10.3 Å². The third kappa shape index (κ3) is 1.71. The van der Waals surface area contributed by atoms with Crippen molar-refractivity contribution in [2.45, 2.75) is 0 Å². The monoisotopic (exact) mass is 235 g/mol. The highest BCUT2D eigenvalue weighted by atomic mass is 35.5. The Bertz CT molecular complexity index is 415. The average Bonchev–Trinajstić information content (AvgIpc) is 2.65. The van der Waals surface area contributed by atoms with Gasteiger partial charge in [-0.1, -0.05) is 11.6 Å². The van der Waals surface area contributed by atoms with E-state index in [9.17, 15) is 0 Å². The van der Waals surface area contributed by atoms with Crippen LogP contribution in [0.5, 0.6) is 0 Å². The molecule has 0 aliphatic heterocycles.